The Labute approximate surface area is 79.6 Å². The van der Waals surface area contributed by atoms with Gasteiger partial charge in [0.25, 0.3) is 5.95 Å². The third-order valence-corrected chi connectivity index (χ3v) is 1.62. The predicted molar refractivity (Wildman–Crippen MR) is 48.5 cm³/mol. The van der Waals surface area contributed by atoms with Crippen molar-refractivity contribution in [1.29, 1.82) is 0 Å². The highest BCUT2D eigenvalue weighted by Gasteiger charge is 2.04. The van der Waals surface area contributed by atoms with Crippen molar-refractivity contribution >= 4 is 11.5 Å². The van der Waals surface area contributed by atoms with Crippen LogP contribution in [0.2, 0.25) is 0 Å². The quantitative estimate of drug-likeness (QED) is 0.775. The lowest BCUT2D eigenvalue weighted by atomic mass is 10.5. The molecule has 0 spiro atoms. The van der Waals surface area contributed by atoms with E-state index in [1.807, 2.05) is 0 Å². The van der Waals surface area contributed by atoms with Gasteiger partial charge in [-0.25, -0.2) is 9.97 Å². The van der Waals surface area contributed by atoms with E-state index < -0.39 is 5.95 Å². The summed E-state index contributed by atoms with van der Waals surface area (Å²) in [7, 11) is 1.78. The van der Waals surface area contributed by atoms with Gasteiger partial charge < -0.3 is 5.32 Å². The molecule has 0 radical (unpaired) electrons. The van der Waals surface area contributed by atoms with Crippen LogP contribution in [0.3, 0.4) is 0 Å². The largest absolute Gasteiger partial charge is 0.334 e. The number of rotatable bonds is 2. The first-order chi connectivity index (χ1) is 6.75. The maximum absolute atomic E-state index is 13.0. The molecule has 0 aliphatic heterocycles. The van der Waals surface area contributed by atoms with E-state index in [0.29, 0.717) is 5.69 Å². The summed E-state index contributed by atoms with van der Waals surface area (Å²) in [6, 6.07) is 0. The fourth-order valence-electron chi connectivity index (χ4n) is 1.03. The van der Waals surface area contributed by atoms with Crippen molar-refractivity contribution in [2.24, 2.45) is 7.05 Å². The van der Waals surface area contributed by atoms with Crippen LogP contribution in [0.25, 0.3) is 0 Å². The number of aromatic nitrogens is 4. The van der Waals surface area contributed by atoms with Gasteiger partial charge in [-0.2, -0.15) is 9.49 Å². The average Bonchev–Trinajstić information content (AvgIpc) is 2.56. The van der Waals surface area contributed by atoms with Gasteiger partial charge in [-0.05, 0) is 0 Å². The second-order valence-electron chi connectivity index (χ2n) is 2.72. The van der Waals surface area contributed by atoms with Crippen LogP contribution in [0, 0.1) is 5.95 Å². The average molecular weight is 193 g/mol. The molecular formula is C8H8FN5. The summed E-state index contributed by atoms with van der Waals surface area (Å²) in [6.45, 7) is 0. The second-order valence-corrected chi connectivity index (χ2v) is 2.72. The van der Waals surface area contributed by atoms with Crippen LogP contribution in [-0.2, 0) is 7.05 Å². The SMILES string of the molecule is Cn1cc(Nc2nccnc2F)cn1. The molecule has 72 valence electrons. The maximum Gasteiger partial charge on any atom is 0.255 e. The number of hydrogen-bond acceptors (Lipinski definition) is 4. The molecule has 2 rings (SSSR count). The Hall–Kier alpha value is -1.98. The van der Waals surface area contributed by atoms with Crippen molar-refractivity contribution < 1.29 is 4.39 Å². The molecule has 6 heteroatoms. The van der Waals surface area contributed by atoms with Gasteiger partial charge in [0.2, 0.25) is 0 Å². The van der Waals surface area contributed by atoms with Gasteiger partial charge >= 0.3 is 0 Å². The van der Waals surface area contributed by atoms with Crippen molar-refractivity contribution in [1.82, 2.24) is 19.7 Å². The lowest BCUT2D eigenvalue weighted by molar-refractivity contribution is 0.582. The molecule has 0 saturated carbocycles. The monoisotopic (exact) mass is 193 g/mol. The van der Waals surface area contributed by atoms with Gasteiger partial charge in [0.05, 0.1) is 11.9 Å². The second kappa shape index (κ2) is 3.41. The molecule has 1 N–H and O–H groups in total. The summed E-state index contributed by atoms with van der Waals surface area (Å²) in [6.07, 6.45) is 6.01. The van der Waals surface area contributed by atoms with E-state index in [9.17, 15) is 4.39 Å². The van der Waals surface area contributed by atoms with Gasteiger partial charge in [0.15, 0.2) is 5.82 Å². The standard InChI is InChI=1S/C8H8FN5/c1-14-5-6(4-12-14)13-8-7(9)10-2-3-11-8/h2-5H,1H3,(H,11,13). The van der Waals surface area contributed by atoms with Gasteiger partial charge in [-0.3, -0.25) is 4.68 Å². The molecule has 0 aliphatic carbocycles. The lowest BCUT2D eigenvalue weighted by Crippen LogP contribution is -1.97. The molecule has 0 saturated heterocycles. The van der Waals surface area contributed by atoms with E-state index in [2.05, 4.69) is 20.4 Å². The smallest absolute Gasteiger partial charge is 0.255 e. The van der Waals surface area contributed by atoms with Gasteiger partial charge in [-0.15, -0.1) is 0 Å². The van der Waals surface area contributed by atoms with Gasteiger partial charge in [0.1, 0.15) is 0 Å². The zero-order chi connectivity index (χ0) is 9.97. The first-order valence-electron chi connectivity index (χ1n) is 3.98. The summed E-state index contributed by atoms with van der Waals surface area (Å²) in [5, 5.41) is 6.69. The number of anilines is 2. The zero-order valence-electron chi connectivity index (χ0n) is 7.48. The molecular weight excluding hydrogens is 185 g/mol. The molecule has 0 unspecified atom stereocenters. The van der Waals surface area contributed by atoms with E-state index in [1.165, 1.54) is 12.4 Å². The van der Waals surface area contributed by atoms with E-state index in [-0.39, 0.29) is 5.82 Å². The molecule has 0 amide bonds. The van der Waals surface area contributed by atoms with Gasteiger partial charge in [0, 0.05) is 25.6 Å². The van der Waals surface area contributed by atoms with E-state index in [0.717, 1.165) is 0 Å². The predicted octanol–water partition coefficient (Wildman–Crippen LogP) is 1.09. The number of nitrogens with one attached hydrogen (secondary N) is 1. The Kier molecular flexibility index (Phi) is 2.10. The van der Waals surface area contributed by atoms with E-state index >= 15 is 0 Å². The van der Waals surface area contributed by atoms with Crippen LogP contribution in [-0.4, -0.2) is 19.7 Å². The minimum absolute atomic E-state index is 0.0977. The fraction of sp³-hybridized carbons (Fsp3) is 0.125. The minimum Gasteiger partial charge on any atom is -0.334 e. The van der Waals surface area contributed by atoms with Crippen molar-refractivity contribution in [3.63, 3.8) is 0 Å². The molecule has 0 atom stereocenters. The highest BCUT2D eigenvalue weighted by molar-refractivity contribution is 5.52. The van der Waals surface area contributed by atoms with Crippen LogP contribution in [0.4, 0.5) is 15.9 Å². The number of halogens is 1. The molecule has 2 aromatic rings. The van der Waals surface area contributed by atoms with Crippen molar-refractivity contribution in [2.75, 3.05) is 5.32 Å². The number of aryl methyl sites for hydroxylation is 1. The summed E-state index contributed by atoms with van der Waals surface area (Å²) < 4.78 is 14.6. The molecule has 14 heavy (non-hydrogen) atoms. The topological polar surface area (TPSA) is 55.6 Å². The first kappa shape index (κ1) is 8.61. The highest BCUT2D eigenvalue weighted by atomic mass is 19.1. The summed E-state index contributed by atoms with van der Waals surface area (Å²) >= 11 is 0. The van der Waals surface area contributed by atoms with Crippen molar-refractivity contribution in [3.8, 4) is 0 Å². The normalized spacial score (nSPS) is 10.1. The van der Waals surface area contributed by atoms with Gasteiger partial charge in [-0.1, -0.05) is 0 Å². The third kappa shape index (κ3) is 1.68. The lowest BCUT2D eigenvalue weighted by Gasteiger charge is -2.00. The van der Waals surface area contributed by atoms with Crippen molar-refractivity contribution in [2.45, 2.75) is 0 Å². The number of hydrogen-bond donors (Lipinski definition) is 1. The zero-order valence-corrected chi connectivity index (χ0v) is 7.48. The Balaban J connectivity index is 2.23. The Morgan fingerprint density at radius 2 is 2.14 bits per heavy atom. The Bertz CT molecular complexity index is 439. The van der Waals surface area contributed by atoms with Crippen LogP contribution >= 0.6 is 0 Å². The Morgan fingerprint density at radius 1 is 1.36 bits per heavy atom. The molecule has 0 bridgehead atoms. The van der Waals surface area contributed by atoms with Crippen molar-refractivity contribution in [3.05, 3.63) is 30.7 Å². The van der Waals surface area contributed by atoms with Crippen LogP contribution < -0.4 is 5.32 Å². The summed E-state index contributed by atoms with van der Waals surface area (Å²) in [5.41, 5.74) is 0.673. The molecule has 0 aliphatic rings. The molecule has 2 heterocycles. The molecule has 0 fully saturated rings. The summed E-state index contributed by atoms with van der Waals surface area (Å²) in [4.78, 5) is 7.26. The fourth-order valence-corrected chi connectivity index (χ4v) is 1.03. The van der Waals surface area contributed by atoms with E-state index in [1.54, 1.807) is 24.1 Å². The summed E-state index contributed by atoms with van der Waals surface area (Å²) in [5.74, 6) is -0.531. The third-order valence-electron chi connectivity index (χ3n) is 1.62. The molecule has 0 aromatic carbocycles. The van der Waals surface area contributed by atoms with Crippen LogP contribution in [0.5, 0.6) is 0 Å². The molecule has 2 aromatic heterocycles. The first-order valence-corrected chi connectivity index (χ1v) is 3.98. The maximum atomic E-state index is 13.0. The van der Waals surface area contributed by atoms with E-state index in [4.69, 9.17) is 0 Å². The number of nitrogens with zero attached hydrogens (tertiary/aromatic N) is 4. The van der Waals surface area contributed by atoms with Crippen LogP contribution in [0.15, 0.2) is 24.8 Å². The van der Waals surface area contributed by atoms with Crippen LogP contribution in [0.1, 0.15) is 0 Å². The highest BCUT2D eigenvalue weighted by Crippen LogP contribution is 2.13. The molecule has 5 nitrogen and oxygen atoms in total. The Morgan fingerprint density at radius 3 is 2.79 bits per heavy atom. The minimum atomic E-state index is -0.628.